The van der Waals surface area contributed by atoms with E-state index in [1.54, 1.807) is 0 Å². The Hall–Kier alpha value is -0.610. The Balaban J connectivity index is 2.23. The maximum absolute atomic E-state index is 11.7. The number of carbonyl (C=O) groups is 1. The van der Waals surface area contributed by atoms with Gasteiger partial charge in [0.1, 0.15) is 0 Å². The van der Waals surface area contributed by atoms with Crippen molar-refractivity contribution < 1.29 is 9.53 Å². The van der Waals surface area contributed by atoms with E-state index in [-0.39, 0.29) is 24.0 Å². The van der Waals surface area contributed by atoms with E-state index in [4.69, 9.17) is 10.5 Å². The molecular formula is C11H22N2O2. The first-order valence-electron chi connectivity index (χ1n) is 5.75. The Kier molecular flexibility index (Phi) is 5.05. The van der Waals surface area contributed by atoms with Crippen LogP contribution in [-0.4, -0.2) is 31.2 Å². The number of rotatable bonds is 5. The van der Waals surface area contributed by atoms with Crippen molar-refractivity contribution in [1.29, 1.82) is 0 Å². The minimum atomic E-state index is 0.0420. The van der Waals surface area contributed by atoms with Gasteiger partial charge < -0.3 is 15.8 Å². The smallest absolute Gasteiger partial charge is 0.225 e. The SMILES string of the molecule is CC(CCCN)NC(=O)C1COC(C)C1. The van der Waals surface area contributed by atoms with Crippen molar-refractivity contribution in [3.8, 4) is 0 Å². The molecule has 1 rings (SSSR count). The third-order valence-corrected chi connectivity index (χ3v) is 2.80. The van der Waals surface area contributed by atoms with Gasteiger partial charge in [0.25, 0.3) is 0 Å². The number of nitrogens with one attached hydrogen (secondary N) is 1. The van der Waals surface area contributed by atoms with Gasteiger partial charge >= 0.3 is 0 Å². The van der Waals surface area contributed by atoms with E-state index in [2.05, 4.69) is 5.32 Å². The second kappa shape index (κ2) is 6.08. The molecule has 1 aliphatic heterocycles. The zero-order chi connectivity index (χ0) is 11.3. The van der Waals surface area contributed by atoms with Crippen molar-refractivity contribution in [2.45, 2.75) is 45.3 Å². The van der Waals surface area contributed by atoms with Crippen molar-refractivity contribution in [3.63, 3.8) is 0 Å². The molecule has 1 amide bonds. The van der Waals surface area contributed by atoms with Gasteiger partial charge in [-0.25, -0.2) is 0 Å². The highest BCUT2D eigenvalue weighted by molar-refractivity contribution is 5.79. The summed E-state index contributed by atoms with van der Waals surface area (Å²) in [6, 6.07) is 0.219. The minimum Gasteiger partial charge on any atom is -0.378 e. The molecule has 1 fully saturated rings. The fourth-order valence-electron chi connectivity index (χ4n) is 1.86. The molecule has 1 saturated heterocycles. The quantitative estimate of drug-likeness (QED) is 0.706. The molecule has 4 nitrogen and oxygen atoms in total. The number of hydrogen-bond donors (Lipinski definition) is 2. The van der Waals surface area contributed by atoms with Crippen molar-refractivity contribution in [2.24, 2.45) is 11.7 Å². The molecule has 1 aliphatic rings. The summed E-state index contributed by atoms with van der Waals surface area (Å²) in [6.07, 6.45) is 2.97. The van der Waals surface area contributed by atoms with Gasteiger partial charge in [0, 0.05) is 6.04 Å². The summed E-state index contributed by atoms with van der Waals surface area (Å²) in [7, 11) is 0. The monoisotopic (exact) mass is 214 g/mol. The Morgan fingerprint density at radius 2 is 2.40 bits per heavy atom. The lowest BCUT2D eigenvalue weighted by Gasteiger charge is -2.15. The third-order valence-electron chi connectivity index (χ3n) is 2.80. The fraction of sp³-hybridized carbons (Fsp3) is 0.909. The van der Waals surface area contributed by atoms with Gasteiger partial charge in [0.2, 0.25) is 5.91 Å². The highest BCUT2D eigenvalue weighted by atomic mass is 16.5. The average molecular weight is 214 g/mol. The molecule has 0 radical (unpaired) electrons. The number of carbonyl (C=O) groups excluding carboxylic acids is 1. The maximum Gasteiger partial charge on any atom is 0.225 e. The van der Waals surface area contributed by atoms with Gasteiger partial charge in [-0.1, -0.05) is 0 Å². The van der Waals surface area contributed by atoms with E-state index in [1.807, 2.05) is 13.8 Å². The minimum absolute atomic E-state index is 0.0420. The molecule has 88 valence electrons. The van der Waals surface area contributed by atoms with Crippen molar-refractivity contribution in [2.75, 3.05) is 13.2 Å². The molecule has 15 heavy (non-hydrogen) atoms. The zero-order valence-corrected chi connectivity index (χ0v) is 9.66. The Morgan fingerprint density at radius 3 is 2.93 bits per heavy atom. The summed E-state index contributed by atoms with van der Waals surface area (Å²) in [5.74, 6) is 0.171. The van der Waals surface area contributed by atoms with Gasteiger partial charge in [0.05, 0.1) is 18.6 Å². The fourth-order valence-corrected chi connectivity index (χ4v) is 1.86. The summed E-state index contributed by atoms with van der Waals surface area (Å²) in [5.41, 5.74) is 5.42. The Morgan fingerprint density at radius 1 is 1.67 bits per heavy atom. The number of amides is 1. The Bertz CT molecular complexity index is 209. The number of nitrogens with two attached hydrogens (primary N) is 1. The van der Waals surface area contributed by atoms with Crippen LogP contribution in [-0.2, 0) is 9.53 Å². The highest BCUT2D eigenvalue weighted by Gasteiger charge is 2.28. The molecule has 0 spiro atoms. The van der Waals surface area contributed by atoms with Crippen LogP contribution in [0.15, 0.2) is 0 Å². The average Bonchev–Trinajstić information content (AvgIpc) is 2.61. The second-order valence-electron chi connectivity index (χ2n) is 4.42. The van der Waals surface area contributed by atoms with Gasteiger partial charge in [0.15, 0.2) is 0 Å². The first-order chi connectivity index (χ1) is 7.13. The number of hydrogen-bond acceptors (Lipinski definition) is 3. The van der Waals surface area contributed by atoms with Crippen LogP contribution >= 0.6 is 0 Å². The van der Waals surface area contributed by atoms with Crippen LogP contribution in [0.1, 0.15) is 33.1 Å². The molecule has 0 aliphatic carbocycles. The number of ether oxygens (including phenoxy) is 1. The van der Waals surface area contributed by atoms with Crippen molar-refractivity contribution in [3.05, 3.63) is 0 Å². The molecule has 3 unspecified atom stereocenters. The topological polar surface area (TPSA) is 64.3 Å². The summed E-state index contributed by atoms with van der Waals surface area (Å²) >= 11 is 0. The summed E-state index contributed by atoms with van der Waals surface area (Å²) < 4.78 is 5.37. The Labute approximate surface area is 91.5 Å². The van der Waals surface area contributed by atoms with Crippen LogP contribution in [0.5, 0.6) is 0 Å². The predicted octanol–water partition coefficient (Wildman–Crippen LogP) is 0.655. The summed E-state index contributed by atoms with van der Waals surface area (Å²) in [4.78, 5) is 11.7. The molecule has 3 N–H and O–H groups in total. The van der Waals surface area contributed by atoms with E-state index in [0.717, 1.165) is 19.3 Å². The standard InChI is InChI=1S/C11H22N2O2/c1-8(4-3-5-12)13-11(14)10-6-9(2)15-7-10/h8-10H,3-7,12H2,1-2H3,(H,13,14). The normalized spacial score (nSPS) is 27.7. The molecule has 1 heterocycles. The lowest BCUT2D eigenvalue weighted by Crippen LogP contribution is -2.37. The molecule has 4 heteroatoms. The van der Waals surface area contributed by atoms with Gasteiger partial charge in [-0.05, 0) is 39.7 Å². The molecule has 0 saturated carbocycles. The van der Waals surface area contributed by atoms with Crippen LogP contribution < -0.4 is 11.1 Å². The van der Waals surface area contributed by atoms with E-state index >= 15 is 0 Å². The van der Waals surface area contributed by atoms with Gasteiger partial charge in [-0.15, -0.1) is 0 Å². The van der Waals surface area contributed by atoms with Crippen LogP contribution in [0, 0.1) is 5.92 Å². The van der Waals surface area contributed by atoms with E-state index < -0.39 is 0 Å². The van der Waals surface area contributed by atoms with Crippen LogP contribution in [0.3, 0.4) is 0 Å². The predicted molar refractivity (Wildman–Crippen MR) is 59.4 cm³/mol. The van der Waals surface area contributed by atoms with Crippen molar-refractivity contribution >= 4 is 5.91 Å². The molecule has 0 bridgehead atoms. The maximum atomic E-state index is 11.7. The highest BCUT2D eigenvalue weighted by Crippen LogP contribution is 2.19. The van der Waals surface area contributed by atoms with Crippen LogP contribution in [0.2, 0.25) is 0 Å². The molecule has 0 aromatic heterocycles. The van der Waals surface area contributed by atoms with Gasteiger partial charge in [-0.2, -0.15) is 0 Å². The van der Waals surface area contributed by atoms with E-state index in [9.17, 15) is 4.79 Å². The summed E-state index contributed by atoms with van der Waals surface area (Å²) in [5, 5.41) is 3.00. The first kappa shape index (κ1) is 12.5. The molecular weight excluding hydrogens is 192 g/mol. The molecule has 3 atom stereocenters. The largest absolute Gasteiger partial charge is 0.378 e. The molecule has 0 aromatic rings. The first-order valence-corrected chi connectivity index (χ1v) is 5.75. The third kappa shape index (κ3) is 4.18. The second-order valence-corrected chi connectivity index (χ2v) is 4.42. The van der Waals surface area contributed by atoms with E-state index in [0.29, 0.717) is 13.2 Å². The lowest BCUT2D eigenvalue weighted by molar-refractivity contribution is -0.125. The van der Waals surface area contributed by atoms with Crippen LogP contribution in [0.25, 0.3) is 0 Å². The molecule has 0 aromatic carbocycles. The van der Waals surface area contributed by atoms with E-state index in [1.165, 1.54) is 0 Å². The van der Waals surface area contributed by atoms with Crippen molar-refractivity contribution in [1.82, 2.24) is 5.32 Å². The van der Waals surface area contributed by atoms with Crippen LogP contribution in [0.4, 0.5) is 0 Å². The summed E-state index contributed by atoms with van der Waals surface area (Å²) in [6.45, 7) is 5.28. The lowest BCUT2D eigenvalue weighted by atomic mass is 10.0. The zero-order valence-electron chi connectivity index (χ0n) is 9.66. The van der Waals surface area contributed by atoms with Gasteiger partial charge in [-0.3, -0.25) is 4.79 Å².